The van der Waals surface area contributed by atoms with Crippen LogP contribution in [0.2, 0.25) is 0 Å². The van der Waals surface area contributed by atoms with E-state index in [9.17, 15) is 9.59 Å². The molecule has 0 radical (unpaired) electrons. The average molecular weight is 315 g/mol. The molecule has 0 atom stereocenters. The molecule has 3 rings (SSSR count). The second-order valence-corrected chi connectivity index (χ2v) is 5.25. The van der Waals surface area contributed by atoms with Crippen LogP contribution in [0.15, 0.2) is 83.1 Å². The van der Waals surface area contributed by atoms with Crippen LogP contribution < -0.4 is 0 Å². The maximum absolute atomic E-state index is 12.6. The minimum Gasteiger partial charge on any atom is -0.289 e. The average Bonchev–Trinajstić information content (AvgIpc) is 2.63. The number of benzene rings is 2. The topological polar surface area (TPSA) is 82.9 Å². The van der Waals surface area contributed by atoms with Gasteiger partial charge in [-0.1, -0.05) is 71.9 Å². The van der Waals surface area contributed by atoms with Gasteiger partial charge in [-0.2, -0.15) is 0 Å². The Hall–Kier alpha value is -3.43. The van der Waals surface area contributed by atoms with E-state index in [2.05, 4.69) is 10.0 Å². The SMILES string of the molecule is [N-]=[N+]=NC1=C(/C=C/Cc2ccccc2)C(=O)c2ccccc2C1=O. The molecule has 0 heterocycles. The first kappa shape index (κ1) is 15.5. The Labute approximate surface area is 138 Å². The molecule has 0 fully saturated rings. The highest BCUT2D eigenvalue weighted by Crippen LogP contribution is 2.28. The monoisotopic (exact) mass is 315 g/mol. The maximum Gasteiger partial charge on any atom is 0.196 e. The van der Waals surface area contributed by atoms with Gasteiger partial charge in [-0.25, -0.2) is 0 Å². The molecule has 2 aromatic carbocycles. The summed E-state index contributed by atoms with van der Waals surface area (Å²) in [6.07, 6.45) is 3.96. The molecule has 0 unspecified atom stereocenters. The molecule has 0 amide bonds. The predicted octanol–water partition coefficient (Wildman–Crippen LogP) is 4.43. The fraction of sp³-hybridized carbons (Fsp3) is 0.0526. The summed E-state index contributed by atoms with van der Waals surface area (Å²) in [5, 5.41) is 3.46. The Bertz CT molecular complexity index is 921. The molecule has 5 nitrogen and oxygen atoms in total. The molecule has 0 saturated heterocycles. The highest BCUT2D eigenvalue weighted by atomic mass is 16.1. The zero-order valence-corrected chi connectivity index (χ0v) is 12.7. The van der Waals surface area contributed by atoms with E-state index < -0.39 is 5.78 Å². The molecule has 0 bridgehead atoms. The summed E-state index contributed by atoms with van der Waals surface area (Å²) in [6.45, 7) is 0. The third-order valence-electron chi connectivity index (χ3n) is 3.76. The third kappa shape index (κ3) is 2.89. The van der Waals surface area contributed by atoms with E-state index >= 15 is 0 Å². The van der Waals surface area contributed by atoms with Crippen LogP contribution in [-0.2, 0) is 6.42 Å². The molecule has 0 saturated carbocycles. The number of carbonyl (C=O) groups excluding carboxylic acids is 2. The van der Waals surface area contributed by atoms with Gasteiger partial charge in [-0.05, 0) is 17.5 Å². The Morgan fingerprint density at radius 1 is 0.917 bits per heavy atom. The van der Waals surface area contributed by atoms with Crippen LogP contribution in [0.25, 0.3) is 10.4 Å². The van der Waals surface area contributed by atoms with Gasteiger partial charge in [0.05, 0.1) is 5.70 Å². The molecular weight excluding hydrogens is 302 g/mol. The molecule has 0 N–H and O–H groups in total. The van der Waals surface area contributed by atoms with E-state index in [-0.39, 0.29) is 22.6 Å². The van der Waals surface area contributed by atoms with Crippen molar-refractivity contribution in [3.05, 3.63) is 105 Å². The molecule has 2 aromatic rings. The van der Waals surface area contributed by atoms with Gasteiger partial charge in [0.1, 0.15) is 0 Å². The molecule has 24 heavy (non-hydrogen) atoms. The number of azide groups is 1. The summed E-state index contributed by atoms with van der Waals surface area (Å²) in [6, 6.07) is 16.3. The molecule has 0 spiro atoms. The van der Waals surface area contributed by atoms with Crippen molar-refractivity contribution in [1.82, 2.24) is 0 Å². The van der Waals surface area contributed by atoms with Gasteiger partial charge < -0.3 is 0 Å². The standard InChI is InChI=1S/C19H13N3O2/c20-22-21-17-16(12-6-9-13-7-2-1-3-8-13)18(23)14-10-4-5-11-15(14)19(17)24/h1-8,10-12H,9H2/b12-6+. The zero-order valence-electron chi connectivity index (χ0n) is 12.7. The summed E-state index contributed by atoms with van der Waals surface area (Å²) in [5.74, 6) is -0.737. The van der Waals surface area contributed by atoms with E-state index in [1.165, 1.54) is 0 Å². The van der Waals surface area contributed by atoms with Crippen LogP contribution in [0, 0.1) is 0 Å². The van der Waals surface area contributed by atoms with Crippen molar-refractivity contribution >= 4 is 11.6 Å². The summed E-state index contributed by atoms with van der Waals surface area (Å²) in [5.41, 5.74) is 10.4. The number of ketones is 2. The number of hydrogen-bond donors (Lipinski definition) is 0. The molecule has 0 aliphatic heterocycles. The predicted molar refractivity (Wildman–Crippen MR) is 90.6 cm³/mol. The van der Waals surface area contributed by atoms with E-state index in [4.69, 9.17) is 5.53 Å². The molecule has 116 valence electrons. The second-order valence-electron chi connectivity index (χ2n) is 5.25. The molecule has 1 aliphatic carbocycles. The third-order valence-corrected chi connectivity index (χ3v) is 3.76. The number of hydrogen-bond acceptors (Lipinski definition) is 3. The summed E-state index contributed by atoms with van der Waals surface area (Å²) in [7, 11) is 0. The van der Waals surface area contributed by atoms with E-state index in [1.54, 1.807) is 36.4 Å². The Morgan fingerprint density at radius 3 is 2.21 bits per heavy atom. The fourth-order valence-electron chi connectivity index (χ4n) is 2.61. The minimum atomic E-state index is -0.428. The van der Waals surface area contributed by atoms with Crippen LogP contribution in [0.3, 0.4) is 0 Å². The highest BCUT2D eigenvalue weighted by Gasteiger charge is 2.29. The summed E-state index contributed by atoms with van der Waals surface area (Å²) >= 11 is 0. The van der Waals surface area contributed by atoms with Crippen molar-refractivity contribution in [3.8, 4) is 0 Å². The van der Waals surface area contributed by atoms with Gasteiger partial charge in [0.2, 0.25) is 0 Å². The van der Waals surface area contributed by atoms with Gasteiger partial charge in [-0.3, -0.25) is 9.59 Å². The van der Waals surface area contributed by atoms with Crippen molar-refractivity contribution in [2.45, 2.75) is 6.42 Å². The van der Waals surface area contributed by atoms with Gasteiger partial charge in [0.15, 0.2) is 11.6 Å². The molecular formula is C19H13N3O2. The number of carbonyl (C=O) groups is 2. The number of Topliss-reactive ketones (excluding diaryl/α,β-unsaturated/α-hetero) is 2. The number of fused-ring (bicyclic) bond motifs is 1. The number of allylic oxidation sites excluding steroid dienone is 4. The largest absolute Gasteiger partial charge is 0.289 e. The van der Waals surface area contributed by atoms with Crippen molar-refractivity contribution < 1.29 is 9.59 Å². The van der Waals surface area contributed by atoms with E-state index in [0.29, 0.717) is 12.0 Å². The van der Waals surface area contributed by atoms with E-state index in [1.807, 2.05) is 30.3 Å². The number of nitrogens with zero attached hydrogens (tertiary/aromatic N) is 3. The molecule has 0 aromatic heterocycles. The normalized spacial score (nSPS) is 13.8. The Balaban J connectivity index is 1.99. The van der Waals surface area contributed by atoms with Gasteiger partial charge in [-0.15, -0.1) is 0 Å². The smallest absolute Gasteiger partial charge is 0.196 e. The lowest BCUT2D eigenvalue weighted by Gasteiger charge is -2.16. The zero-order chi connectivity index (χ0) is 16.9. The van der Waals surface area contributed by atoms with Crippen molar-refractivity contribution in [2.24, 2.45) is 5.11 Å². The van der Waals surface area contributed by atoms with Crippen molar-refractivity contribution in [2.75, 3.05) is 0 Å². The summed E-state index contributed by atoms with van der Waals surface area (Å²) < 4.78 is 0. The first-order valence-corrected chi connectivity index (χ1v) is 7.40. The summed E-state index contributed by atoms with van der Waals surface area (Å²) in [4.78, 5) is 27.8. The second kappa shape index (κ2) is 6.77. The first-order valence-electron chi connectivity index (χ1n) is 7.40. The van der Waals surface area contributed by atoms with E-state index in [0.717, 1.165) is 5.56 Å². The molecule has 5 heteroatoms. The van der Waals surface area contributed by atoms with Crippen LogP contribution in [0.5, 0.6) is 0 Å². The van der Waals surface area contributed by atoms with Crippen LogP contribution in [0.1, 0.15) is 26.3 Å². The first-order chi connectivity index (χ1) is 11.7. The quantitative estimate of drug-likeness (QED) is 0.475. The van der Waals surface area contributed by atoms with Crippen molar-refractivity contribution in [1.29, 1.82) is 0 Å². The minimum absolute atomic E-state index is 0.132. The van der Waals surface area contributed by atoms with Crippen LogP contribution in [0.4, 0.5) is 0 Å². The lowest BCUT2D eigenvalue weighted by Crippen LogP contribution is -2.20. The van der Waals surface area contributed by atoms with Crippen LogP contribution >= 0.6 is 0 Å². The Morgan fingerprint density at radius 2 is 1.54 bits per heavy atom. The Kier molecular flexibility index (Phi) is 4.36. The van der Waals surface area contributed by atoms with Gasteiger partial charge in [0, 0.05) is 21.6 Å². The van der Waals surface area contributed by atoms with Gasteiger partial charge in [0.25, 0.3) is 0 Å². The lowest BCUT2D eigenvalue weighted by molar-refractivity contribution is 0.0976. The number of rotatable bonds is 4. The highest BCUT2D eigenvalue weighted by molar-refractivity contribution is 6.27. The fourth-order valence-corrected chi connectivity index (χ4v) is 2.61. The molecule has 1 aliphatic rings. The maximum atomic E-state index is 12.6. The van der Waals surface area contributed by atoms with Gasteiger partial charge >= 0.3 is 0 Å². The lowest BCUT2D eigenvalue weighted by atomic mass is 9.87. The van der Waals surface area contributed by atoms with Crippen LogP contribution in [-0.4, -0.2) is 11.6 Å². The van der Waals surface area contributed by atoms with Crippen molar-refractivity contribution in [3.63, 3.8) is 0 Å².